The summed E-state index contributed by atoms with van der Waals surface area (Å²) in [6.07, 6.45) is 1.80. The summed E-state index contributed by atoms with van der Waals surface area (Å²) in [6.45, 7) is 0. The van der Waals surface area contributed by atoms with E-state index in [0.29, 0.717) is 0 Å². The number of hydrogen-bond donors (Lipinski definition) is 1. The van der Waals surface area contributed by atoms with Crippen LogP contribution in [0.2, 0.25) is 0 Å². The smallest absolute Gasteiger partial charge is 0.138 e. The molecule has 0 saturated carbocycles. The van der Waals surface area contributed by atoms with Crippen molar-refractivity contribution in [3.63, 3.8) is 0 Å². The van der Waals surface area contributed by atoms with Crippen LogP contribution in [-0.2, 0) is 0 Å². The molecule has 3 rings (SSSR count). The van der Waals surface area contributed by atoms with Gasteiger partial charge in [0.05, 0.1) is 0 Å². The van der Waals surface area contributed by atoms with Gasteiger partial charge >= 0.3 is 0 Å². The van der Waals surface area contributed by atoms with E-state index in [4.69, 9.17) is 0 Å². The van der Waals surface area contributed by atoms with Gasteiger partial charge in [0, 0.05) is 27.0 Å². The number of fused-ring (bicyclic) bond motifs is 3. The first-order chi connectivity index (χ1) is 6.86. The minimum Gasteiger partial charge on any atom is -0.339 e. The fourth-order valence-corrected chi connectivity index (χ4v) is 2.32. The van der Waals surface area contributed by atoms with Crippen LogP contribution in [0.3, 0.4) is 0 Å². The Kier molecular flexibility index (Phi) is 1.61. The van der Waals surface area contributed by atoms with Crippen molar-refractivity contribution in [3.05, 3.63) is 41.0 Å². The monoisotopic (exact) mass is 246 g/mol. The fourth-order valence-electron chi connectivity index (χ4n) is 1.74. The first-order valence-electron chi connectivity index (χ1n) is 4.37. The average molecular weight is 247 g/mol. The normalized spacial score (nSPS) is 11.2. The zero-order valence-electron chi connectivity index (χ0n) is 7.29. The van der Waals surface area contributed by atoms with Crippen molar-refractivity contribution >= 4 is 37.9 Å². The topological polar surface area (TPSA) is 28.7 Å². The van der Waals surface area contributed by atoms with E-state index in [9.17, 15) is 0 Å². The summed E-state index contributed by atoms with van der Waals surface area (Å²) in [5.74, 6) is 0. The molecule has 1 aromatic carbocycles. The molecule has 14 heavy (non-hydrogen) atoms. The van der Waals surface area contributed by atoms with Crippen LogP contribution in [0, 0.1) is 0 Å². The van der Waals surface area contributed by atoms with E-state index < -0.39 is 0 Å². The highest BCUT2D eigenvalue weighted by Gasteiger charge is 2.06. The summed E-state index contributed by atoms with van der Waals surface area (Å²) in [4.78, 5) is 7.56. The Labute approximate surface area is 89.1 Å². The Morgan fingerprint density at radius 3 is 3.00 bits per heavy atom. The van der Waals surface area contributed by atoms with Gasteiger partial charge < -0.3 is 4.98 Å². The largest absolute Gasteiger partial charge is 0.339 e. The standard InChI is InChI=1S/C11H7BrN2/c12-8-4-1-5-9-10(8)7-3-2-6-13-11(7)14-9/h1-6H,(H,13,14). The molecule has 0 aliphatic heterocycles. The van der Waals surface area contributed by atoms with Gasteiger partial charge in [0.1, 0.15) is 5.65 Å². The van der Waals surface area contributed by atoms with Gasteiger partial charge in [-0.05, 0) is 24.3 Å². The van der Waals surface area contributed by atoms with Crippen molar-refractivity contribution < 1.29 is 0 Å². The van der Waals surface area contributed by atoms with Gasteiger partial charge in [-0.25, -0.2) is 4.98 Å². The third-order valence-corrected chi connectivity index (χ3v) is 3.00. The van der Waals surface area contributed by atoms with Crippen LogP contribution in [0.15, 0.2) is 41.0 Å². The number of aromatic amines is 1. The minimum atomic E-state index is 0.939. The Bertz CT molecular complexity index is 613. The van der Waals surface area contributed by atoms with Crippen LogP contribution in [0.5, 0.6) is 0 Å². The van der Waals surface area contributed by atoms with Crippen LogP contribution < -0.4 is 0 Å². The summed E-state index contributed by atoms with van der Waals surface area (Å²) in [5, 5.41) is 2.37. The van der Waals surface area contributed by atoms with Gasteiger partial charge in [0.2, 0.25) is 0 Å². The van der Waals surface area contributed by atoms with E-state index in [2.05, 4.69) is 38.0 Å². The molecular weight excluding hydrogens is 240 g/mol. The van der Waals surface area contributed by atoms with Gasteiger partial charge in [-0.3, -0.25) is 0 Å². The van der Waals surface area contributed by atoms with Crippen LogP contribution >= 0.6 is 15.9 Å². The summed E-state index contributed by atoms with van der Waals surface area (Å²) in [5.41, 5.74) is 2.06. The minimum absolute atomic E-state index is 0.939. The molecule has 0 spiro atoms. The number of halogens is 1. The highest BCUT2D eigenvalue weighted by Crippen LogP contribution is 2.30. The van der Waals surface area contributed by atoms with E-state index in [-0.39, 0.29) is 0 Å². The molecule has 2 aromatic heterocycles. The molecule has 3 aromatic rings. The van der Waals surface area contributed by atoms with Crippen LogP contribution in [-0.4, -0.2) is 9.97 Å². The molecule has 2 heterocycles. The molecule has 0 saturated heterocycles. The Morgan fingerprint density at radius 2 is 2.07 bits per heavy atom. The highest BCUT2D eigenvalue weighted by atomic mass is 79.9. The summed E-state index contributed by atoms with van der Waals surface area (Å²) in [7, 11) is 0. The number of nitrogens with zero attached hydrogens (tertiary/aromatic N) is 1. The number of hydrogen-bond acceptors (Lipinski definition) is 1. The van der Waals surface area contributed by atoms with E-state index in [1.165, 1.54) is 5.39 Å². The molecule has 0 radical (unpaired) electrons. The zero-order chi connectivity index (χ0) is 9.54. The highest BCUT2D eigenvalue weighted by molar-refractivity contribution is 9.10. The number of nitrogens with one attached hydrogen (secondary N) is 1. The number of benzene rings is 1. The lowest BCUT2D eigenvalue weighted by Crippen LogP contribution is -1.71. The lowest BCUT2D eigenvalue weighted by molar-refractivity contribution is 1.35. The Balaban J connectivity index is 2.65. The lowest BCUT2D eigenvalue weighted by atomic mass is 10.2. The van der Waals surface area contributed by atoms with Crippen molar-refractivity contribution in [1.29, 1.82) is 0 Å². The molecule has 0 atom stereocenters. The maximum Gasteiger partial charge on any atom is 0.138 e. The van der Waals surface area contributed by atoms with E-state index in [1.54, 1.807) is 6.20 Å². The fraction of sp³-hybridized carbons (Fsp3) is 0. The maximum atomic E-state index is 4.28. The molecule has 0 aliphatic rings. The van der Waals surface area contributed by atoms with Crippen molar-refractivity contribution in [2.24, 2.45) is 0 Å². The number of aromatic nitrogens is 2. The molecule has 0 unspecified atom stereocenters. The second-order valence-electron chi connectivity index (χ2n) is 3.19. The van der Waals surface area contributed by atoms with Crippen molar-refractivity contribution in [1.82, 2.24) is 9.97 Å². The van der Waals surface area contributed by atoms with Crippen molar-refractivity contribution in [3.8, 4) is 0 Å². The van der Waals surface area contributed by atoms with Crippen LogP contribution in [0.1, 0.15) is 0 Å². The lowest BCUT2D eigenvalue weighted by Gasteiger charge is -1.93. The predicted octanol–water partition coefficient (Wildman–Crippen LogP) is 3.48. The molecule has 1 N–H and O–H groups in total. The van der Waals surface area contributed by atoms with Gasteiger partial charge in [-0.15, -0.1) is 0 Å². The Morgan fingerprint density at radius 1 is 1.14 bits per heavy atom. The number of rotatable bonds is 0. The van der Waals surface area contributed by atoms with E-state index in [0.717, 1.165) is 21.0 Å². The molecule has 0 amide bonds. The molecule has 68 valence electrons. The van der Waals surface area contributed by atoms with E-state index >= 15 is 0 Å². The molecule has 3 heteroatoms. The Hall–Kier alpha value is -1.35. The molecule has 0 fully saturated rings. The molecule has 0 bridgehead atoms. The average Bonchev–Trinajstić information content (AvgIpc) is 2.57. The van der Waals surface area contributed by atoms with Crippen LogP contribution in [0.25, 0.3) is 21.9 Å². The molecule has 2 nitrogen and oxygen atoms in total. The predicted molar refractivity (Wildman–Crippen MR) is 61.3 cm³/mol. The second kappa shape index (κ2) is 2.82. The van der Waals surface area contributed by atoms with Gasteiger partial charge in [0.25, 0.3) is 0 Å². The third kappa shape index (κ3) is 0.990. The second-order valence-corrected chi connectivity index (χ2v) is 4.04. The number of pyridine rings is 1. The first-order valence-corrected chi connectivity index (χ1v) is 5.16. The molecule has 0 aliphatic carbocycles. The van der Waals surface area contributed by atoms with E-state index in [1.807, 2.05) is 18.2 Å². The van der Waals surface area contributed by atoms with Crippen LogP contribution in [0.4, 0.5) is 0 Å². The summed E-state index contributed by atoms with van der Waals surface area (Å²) < 4.78 is 1.11. The third-order valence-electron chi connectivity index (χ3n) is 2.34. The van der Waals surface area contributed by atoms with Gasteiger partial charge in [-0.2, -0.15) is 0 Å². The zero-order valence-corrected chi connectivity index (χ0v) is 8.88. The quantitative estimate of drug-likeness (QED) is 0.647. The maximum absolute atomic E-state index is 4.28. The van der Waals surface area contributed by atoms with Gasteiger partial charge in [-0.1, -0.05) is 22.0 Å². The molecular formula is C11H7BrN2. The van der Waals surface area contributed by atoms with Gasteiger partial charge in [0.15, 0.2) is 0 Å². The van der Waals surface area contributed by atoms with Crippen molar-refractivity contribution in [2.45, 2.75) is 0 Å². The number of H-pyrrole nitrogens is 1. The first kappa shape index (κ1) is 8.00. The summed E-state index contributed by atoms with van der Waals surface area (Å²) >= 11 is 3.55. The SMILES string of the molecule is Brc1cccc2[nH]c3ncccc3c12. The summed E-state index contributed by atoms with van der Waals surface area (Å²) in [6, 6.07) is 10.1. The van der Waals surface area contributed by atoms with Crippen molar-refractivity contribution in [2.75, 3.05) is 0 Å².